The highest BCUT2D eigenvalue weighted by molar-refractivity contribution is 6.17. The maximum Gasteiger partial charge on any atom is 0.136 e. The molecular formula is C48H30N2O. The Balaban J connectivity index is 1.14. The van der Waals surface area contributed by atoms with Gasteiger partial charge in [-0.3, -0.25) is 0 Å². The van der Waals surface area contributed by atoms with Crippen LogP contribution in [-0.2, 0) is 0 Å². The summed E-state index contributed by atoms with van der Waals surface area (Å²) in [4.78, 5) is 0. The summed E-state index contributed by atoms with van der Waals surface area (Å²) in [5.41, 5.74) is 13.6. The van der Waals surface area contributed by atoms with Crippen molar-refractivity contribution in [3.63, 3.8) is 0 Å². The van der Waals surface area contributed by atoms with E-state index in [1.807, 2.05) is 12.1 Å². The molecule has 0 N–H and O–H groups in total. The van der Waals surface area contributed by atoms with Gasteiger partial charge in [-0.15, -0.1) is 0 Å². The fourth-order valence-electron chi connectivity index (χ4n) is 8.36. The Hall–Kier alpha value is -6.84. The van der Waals surface area contributed by atoms with Crippen LogP contribution in [0.2, 0.25) is 0 Å². The molecule has 11 rings (SSSR count). The number of fused-ring (bicyclic) bond motifs is 9. The van der Waals surface area contributed by atoms with E-state index in [2.05, 4.69) is 179 Å². The molecule has 0 atom stereocenters. The molecule has 3 nitrogen and oxygen atoms in total. The van der Waals surface area contributed by atoms with Crippen LogP contribution in [0.3, 0.4) is 0 Å². The number of aromatic nitrogens is 2. The normalized spacial score (nSPS) is 11.9. The van der Waals surface area contributed by atoms with Crippen LogP contribution in [0.1, 0.15) is 0 Å². The van der Waals surface area contributed by atoms with Gasteiger partial charge in [0.25, 0.3) is 0 Å². The van der Waals surface area contributed by atoms with Crippen LogP contribution in [0.15, 0.2) is 186 Å². The van der Waals surface area contributed by atoms with Crippen molar-refractivity contribution in [3.05, 3.63) is 182 Å². The summed E-state index contributed by atoms with van der Waals surface area (Å²) in [6, 6.07) is 65.5. The second-order valence-electron chi connectivity index (χ2n) is 13.3. The predicted molar refractivity (Wildman–Crippen MR) is 213 cm³/mol. The number of nitrogens with zero attached hydrogens (tertiary/aromatic N) is 2. The molecular weight excluding hydrogens is 621 g/mol. The van der Waals surface area contributed by atoms with Crippen LogP contribution in [0.4, 0.5) is 0 Å². The summed E-state index contributed by atoms with van der Waals surface area (Å²) in [6.07, 6.45) is 0. The van der Waals surface area contributed by atoms with Crippen LogP contribution in [0.25, 0.3) is 99.2 Å². The number of rotatable bonds is 4. The van der Waals surface area contributed by atoms with E-state index in [9.17, 15) is 0 Å². The zero-order chi connectivity index (χ0) is 33.5. The highest BCUT2D eigenvalue weighted by Gasteiger charge is 2.19. The Morgan fingerprint density at radius 1 is 0.314 bits per heavy atom. The Morgan fingerprint density at radius 3 is 1.75 bits per heavy atom. The lowest BCUT2D eigenvalue weighted by atomic mass is 9.98. The topological polar surface area (TPSA) is 23.0 Å². The van der Waals surface area contributed by atoms with Crippen molar-refractivity contribution in [2.24, 2.45) is 0 Å². The van der Waals surface area contributed by atoms with E-state index in [4.69, 9.17) is 4.42 Å². The van der Waals surface area contributed by atoms with E-state index in [-0.39, 0.29) is 0 Å². The van der Waals surface area contributed by atoms with Gasteiger partial charge in [-0.25, -0.2) is 0 Å². The van der Waals surface area contributed by atoms with Gasteiger partial charge < -0.3 is 13.6 Å². The molecule has 0 amide bonds. The lowest BCUT2D eigenvalue weighted by molar-refractivity contribution is 0.669. The highest BCUT2D eigenvalue weighted by Crippen LogP contribution is 2.42. The van der Waals surface area contributed by atoms with Gasteiger partial charge >= 0.3 is 0 Å². The largest absolute Gasteiger partial charge is 0.456 e. The van der Waals surface area contributed by atoms with E-state index in [0.717, 1.165) is 38.9 Å². The van der Waals surface area contributed by atoms with Crippen molar-refractivity contribution in [1.82, 2.24) is 9.13 Å². The number of para-hydroxylation sites is 4. The smallest absolute Gasteiger partial charge is 0.136 e. The third-order valence-corrected chi connectivity index (χ3v) is 10.5. The van der Waals surface area contributed by atoms with Crippen molar-refractivity contribution in [2.45, 2.75) is 0 Å². The first-order valence-corrected chi connectivity index (χ1v) is 17.4. The third-order valence-electron chi connectivity index (χ3n) is 10.5. The summed E-state index contributed by atoms with van der Waals surface area (Å²) in [7, 11) is 0. The van der Waals surface area contributed by atoms with Gasteiger partial charge in [-0.1, -0.05) is 121 Å². The molecule has 3 aromatic heterocycles. The summed E-state index contributed by atoms with van der Waals surface area (Å²) >= 11 is 0. The fourth-order valence-corrected chi connectivity index (χ4v) is 8.36. The van der Waals surface area contributed by atoms with Crippen molar-refractivity contribution in [1.29, 1.82) is 0 Å². The van der Waals surface area contributed by atoms with Crippen molar-refractivity contribution < 1.29 is 4.42 Å². The average molecular weight is 651 g/mol. The van der Waals surface area contributed by atoms with E-state index in [1.54, 1.807) is 0 Å². The molecule has 0 bridgehead atoms. The van der Waals surface area contributed by atoms with Gasteiger partial charge in [0.15, 0.2) is 0 Å². The summed E-state index contributed by atoms with van der Waals surface area (Å²) < 4.78 is 11.1. The van der Waals surface area contributed by atoms with Gasteiger partial charge in [0.2, 0.25) is 0 Å². The van der Waals surface area contributed by atoms with Crippen LogP contribution in [-0.4, -0.2) is 9.13 Å². The molecule has 11 aromatic rings. The second kappa shape index (κ2) is 10.8. The lowest BCUT2D eigenvalue weighted by Crippen LogP contribution is -1.94. The van der Waals surface area contributed by atoms with Crippen LogP contribution in [0.5, 0.6) is 0 Å². The summed E-state index contributed by atoms with van der Waals surface area (Å²) in [6.45, 7) is 0. The maximum atomic E-state index is 6.26. The van der Waals surface area contributed by atoms with E-state index in [1.165, 1.54) is 60.3 Å². The molecule has 51 heavy (non-hydrogen) atoms. The number of benzene rings is 8. The number of furan rings is 1. The molecule has 0 aliphatic rings. The molecule has 0 fully saturated rings. The molecule has 238 valence electrons. The second-order valence-corrected chi connectivity index (χ2v) is 13.3. The van der Waals surface area contributed by atoms with E-state index >= 15 is 0 Å². The number of hydrogen-bond acceptors (Lipinski definition) is 1. The average Bonchev–Trinajstić information content (AvgIpc) is 3.86. The highest BCUT2D eigenvalue weighted by atomic mass is 16.3. The Kier molecular flexibility index (Phi) is 5.96. The standard InChI is InChI=1S/C48H30N2O/c1-2-14-33(15-3-1)49-41-22-7-4-17-37(41)38-28-27-32(30-44(38)49)35-20-11-24-43-47(35)39-18-5-8-23-42(39)50(43)34-16-10-13-31(29-34)36-21-12-26-46-48(36)40-19-6-9-25-45(40)51-46/h1-30H. The van der Waals surface area contributed by atoms with E-state index < -0.39 is 0 Å². The molecule has 0 aliphatic carbocycles. The molecule has 0 spiro atoms. The lowest BCUT2D eigenvalue weighted by Gasteiger charge is -2.12. The van der Waals surface area contributed by atoms with Gasteiger partial charge in [-0.05, 0) is 82.9 Å². The molecule has 3 heteroatoms. The zero-order valence-corrected chi connectivity index (χ0v) is 27.6. The minimum Gasteiger partial charge on any atom is -0.456 e. The first-order valence-electron chi connectivity index (χ1n) is 17.4. The monoisotopic (exact) mass is 650 g/mol. The molecule has 0 radical (unpaired) electrons. The third kappa shape index (κ3) is 4.12. The summed E-state index contributed by atoms with van der Waals surface area (Å²) in [5, 5.41) is 7.29. The van der Waals surface area contributed by atoms with Crippen molar-refractivity contribution in [2.75, 3.05) is 0 Å². The number of hydrogen-bond donors (Lipinski definition) is 0. The first-order chi connectivity index (χ1) is 25.3. The SMILES string of the molecule is c1ccc(-n2c3ccccc3c3ccc(-c4cccc5c4c4ccccc4n5-c4cccc(-c5cccc6oc7ccccc7c56)c4)cc32)cc1. The Morgan fingerprint density at radius 2 is 0.882 bits per heavy atom. The van der Waals surface area contributed by atoms with Crippen molar-refractivity contribution >= 4 is 65.6 Å². The molecule has 0 saturated heterocycles. The summed E-state index contributed by atoms with van der Waals surface area (Å²) in [5.74, 6) is 0. The maximum absolute atomic E-state index is 6.26. The molecule has 8 aromatic carbocycles. The minimum absolute atomic E-state index is 0.906. The van der Waals surface area contributed by atoms with Crippen molar-refractivity contribution in [3.8, 4) is 33.6 Å². The van der Waals surface area contributed by atoms with Gasteiger partial charge in [-0.2, -0.15) is 0 Å². The fraction of sp³-hybridized carbons (Fsp3) is 0. The molecule has 3 heterocycles. The minimum atomic E-state index is 0.906. The molecule has 0 unspecified atom stereocenters. The predicted octanol–water partition coefficient (Wildman–Crippen LogP) is 13.1. The van der Waals surface area contributed by atoms with Gasteiger partial charge in [0.05, 0.1) is 22.1 Å². The van der Waals surface area contributed by atoms with Gasteiger partial charge in [0, 0.05) is 43.7 Å². The van der Waals surface area contributed by atoms with Crippen LogP contribution >= 0.6 is 0 Å². The van der Waals surface area contributed by atoms with E-state index in [0.29, 0.717) is 0 Å². The van der Waals surface area contributed by atoms with Crippen LogP contribution < -0.4 is 0 Å². The molecule has 0 aliphatic heterocycles. The zero-order valence-electron chi connectivity index (χ0n) is 27.6. The Bertz CT molecular complexity index is 3140. The van der Waals surface area contributed by atoms with Crippen LogP contribution in [0, 0.1) is 0 Å². The van der Waals surface area contributed by atoms with Gasteiger partial charge in [0.1, 0.15) is 11.2 Å². The Labute approximate surface area is 293 Å². The molecule has 0 saturated carbocycles. The first kappa shape index (κ1) is 28.0. The quantitative estimate of drug-likeness (QED) is 0.186.